The number of carbonyl (C=O) groups excluding carboxylic acids is 2. The Labute approximate surface area is 171 Å². The van der Waals surface area contributed by atoms with Gasteiger partial charge >= 0.3 is 6.18 Å². The lowest BCUT2D eigenvalue weighted by atomic mass is 10.0. The van der Waals surface area contributed by atoms with Gasteiger partial charge in [0.1, 0.15) is 6.54 Å². The smallest absolute Gasteiger partial charge is 0.347 e. The van der Waals surface area contributed by atoms with Crippen LogP contribution in [0, 0.1) is 0 Å². The second-order valence-corrected chi connectivity index (χ2v) is 6.66. The summed E-state index contributed by atoms with van der Waals surface area (Å²) in [4.78, 5) is 24.0. The molecule has 0 atom stereocenters. The largest absolute Gasteiger partial charge is 0.405 e. The van der Waals surface area contributed by atoms with Crippen LogP contribution in [0.1, 0.15) is 15.9 Å². The predicted octanol–water partition coefficient (Wildman–Crippen LogP) is 4.83. The highest BCUT2D eigenvalue weighted by Crippen LogP contribution is 2.20. The first-order valence-corrected chi connectivity index (χ1v) is 9.19. The molecule has 0 radical (unpaired) electrons. The molecule has 0 fully saturated rings. The van der Waals surface area contributed by atoms with E-state index in [1.807, 2.05) is 47.8 Å². The van der Waals surface area contributed by atoms with Crippen LogP contribution in [0.5, 0.6) is 0 Å². The third kappa shape index (κ3) is 6.20. The normalized spacial score (nSPS) is 11.0. The van der Waals surface area contributed by atoms with E-state index in [4.69, 9.17) is 0 Å². The van der Waals surface area contributed by atoms with Crippen LogP contribution in [-0.2, 0) is 11.2 Å². The molecule has 0 heterocycles. The molecule has 0 aliphatic rings. The fourth-order valence-electron chi connectivity index (χ4n) is 2.80. The van der Waals surface area contributed by atoms with Crippen LogP contribution in [0.2, 0.25) is 0 Å². The van der Waals surface area contributed by atoms with Crippen LogP contribution in [-0.4, -0.2) is 24.5 Å². The Bertz CT molecular complexity index is 999. The van der Waals surface area contributed by atoms with Crippen LogP contribution in [0.15, 0.2) is 78.9 Å². The van der Waals surface area contributed by atoms with Gasteiger partial charge in [0.05, 0.1) is 6.42 Å². The second kappa shape index (κ2) is 9.26. The third-order valence-corrected chi connectivity index (χ3v) is 4.32. The lowest BCUT2D eigenvalue weighted by Crippen LogP contribution is -2.34. The van der Waals surface area contributed by atoms with E-state index >= 15 is 0 Å². The molecule has 0 spiro atoms. The van der Waals surface area contributed by atoms with Gasteiger partial charge in [0, 0.05) is 11.3 Å². The fourth-order valence-corrected chi connectivity index (χ4v) is 2.80. The van der Waals surface area contributed by atoms with Gasteiger partial charge in [0.25, 0.3) is 5.91 Å². The Morgan fingerprint density at radius 1 is 0.767 bits per heavy atom. The summed E-state index contributed by atoms with van der Waals surface area (Å²) in [5.41, 5.74) is 3.61. The second-order valence-electron chi connectivity index (χ2n) is 6.66. The SMILES string of the molecule is O=C(Cc1ccc(NC(=O)c2ccc(-c3ccccc3)cc2)cc1)NCC(F)(F)F. The van der Waals surface area contributed by atoms with E-state index in [2.05, 4.69) is 5.32 Å². The van der Waals surface area contributed by atoms with Crippen molar-refractivity contribution in [3.63, 3.8) is 0 Å². The molecule has 2 N–H and O–H groups in total. The highest BCUT2D eigenvalue weighted by Gasteiger charge is 2.27. The van der Waals surface area contributed by atoms with Crippen LogP contribution in [0.3, 0.4) is 0 Å². The molecule has 154 valence electrons. The van der Waals surface area contributed by atoms with Gasteiger partial charge in [-0.25, -0.2) is 0 Å². The Hall–Kier alpha value is -3.61. The molecule has 0 aliphatic heterocycles. The number of halogens is 3. The van der Waals surface area contributed by atoms with E-state index < -0.39 is 18.6 Å². The first kappa shape index (κ1) is 21.1. The van der Waals surface area contributed by atoms with Crippen molar-refractivity contribution in [2.75, 3.05) is 11.9 Å². The minimum Gasteiger partial charge on any atom is -0.347 e. The summed E-state index contributed by atoms with van der Waals surface area (Å²) in [6, 6.07) is 23.4. The molecule has 0 saturated heterocycles. The molecule has 3 aromatic rings. The van der Waals surface area contributed by atoms with Crippen molar-refractivity contribution < 1.29 is 22.8 Å². The Morgan fingerprint density at radius 3 is 1.97 bits per heavy atom. The average Bonchev–Trinajstić information content (AvgIpc) is 2.74. The van der Waals surface area contributed by atoms with E-state index in [9.17, 15) is 22.8 Å². The van der Waals surface area contributed by atoms with Crippen molar-refractivity contribution in [2.45, 2.75) is 12.6 Å². The summed E-state index contributed by atoms with van der Waals surface area (Å²) in [5.74, 6) is -1.01. The van der Waals surface area contributed by atoms with Gasteiger partial charge in [-0.2, -0.15) is 13.2 Å². The number of rotatable bonds is 6. The van der Waals surface area contributed by atoms with Crippen LogP contribution in [0.4, 0.5) is 18.9 Å². The lowest BCUT2D eigenvalue weighted by molar-refractivity contribution is -0.138. The van der Waals surface area contributed by atoms with Gasteiger partial charge in [-0.05, 0) is 41.0 Å². The predicted molar refractivity (Wildman–Crippen MR) is 109 cm³/mol. The van der Waals surface area contributed by atoms with Gasteiger partial charge in [-0.15, -0.1) is 0 Å². The monoisotopic (exact) mass is 412 g/mol. The van der Waals surface area contributed by atoms with E-state index in [-0.39, 0.29) is 12.3 Å². The molecule has 0 bridgehead atoms. The summed E-state index contributed by atoms with van der Waals surface area (Å²) in [6.45, 7) is -1.36. The third-order valence-electron chi connectivity index (χ3n) is 4.32. The zero-order valence-electron chi connectivity index (χ0n) is 15.9. The number of carbonyl (C=O) groups is 2. The molecule has 7 heteroatoms. The summed E-state index contributed by atoms with van der Waals surface area (Å²) >= 11 is 0. The maximum atomic E-state index is 12.4. The van der Waals surface area contributed by atoms with E-state index in [0.29, 0.717) is 16.8 Å². The number of alkyl halides is 3. The standard InChI is InChI=1S/C23H19F3N2O2/c24-23(25,26)15-27-21(29)14-16-6-12-20(13-7-16)28-22(30)19-10-8-18(9-11-19)17-4-2-1-3-5-17/h1-13H,14-15H2,(H,27,29)(H,28,30). The van der Waals surface area contributed by atoms with Crippen molar-refractivity contribution >= 4 is 17.5 Å². The van der Waals surface area contributed by atoms with Crippen LogP contribution >= 0.6 is 0 Å². The molecule has 30 heavy (non-hydrogen) atoms. The minimum atomic E-state index is -4.44. The van der Waals surface area contributed by atoms with E-state index in [0.717, 1.165) is 11.1 Å². The molecule has 0 aliphatic carbocycles. The van der Waals surface area contributed by atoms with Gasteiger partial charge < -0.3 is 10.6 Å². The van der Waals surface area contributed by atoms with Crippen molar-refractivity contribution in [1.82, 2.24) is 5.32 Å². The Kier molecular flexibility index (Phi) is 6.51. The highest BCUT2D eigenvalue weighted by atomic mass is 19.4. The minimum absolute atomic E-state index is 0.175. The molecule has 0 unspecified atom stereocenters. The Balaban J connectivity index is 1.56. The zero-order chi connectivity index (χ0) is 21.6. The first-order chi connectivity index (χ1) is 14.3. The topological polar surface area (TPSA) is 58.2 Å². The number of nitrogens with one attached hydrogen (secondary N) is 2. The molecular weight excluding hydrogens is 393 g/mol. The molecule has 0 saturated carbocycles. The zero-order valence-corrected chi connectivity index (χ0v) is 15.9. The van der Waals surface area contributed by atoms with Gasteiger partial charge in [-0.1, -0.05) is 54.6 Å². The first-order valence-electron chi connectivity index (χ1n) is 9.19. The van der Waals surface area contributed by atoms with E-state index in [1.54, 1.807) is 36.4 Å². The van der Waals surface area contributed by atoms with Gasteiger partial charge in [0.15, 0.2) is 0 Å². The quantitative estimate of drug-likeness (QED) is 0.610. The summed E-state index contributed by atoms with van der Waals surface area (Å²) < 4.78 is 36.4. The Morgan fingerprint density at radius 2 is 1.37 bits per heavy atom. The summed E-state index contributed by atoms with van der Waals surface area (Å²) in [7, 11) is 0. The average molecular weight is 412 g/mol. The fraction of sp³-hybridized carbons (Fsp3) is 0.130. The van der Waals surface area contributed by atoms with Crippen LogP contribution in [0.25, 0.3) is 11.1 Å². The molecule has 2 amide bonds. The summed E-state index contributed by atoms with van der Waals surface area (Å²) in [5, 5.41) is 4.58. The molecular formula is C23H19F3N2O2. The van der Waals surface area contributed by atoms with Crippen molar-refractivity contribution in [2.24, 2.45) is 0 Å². The molecule has 0 aromatic heterocycles. The van der Waals surface area contributed by atoms with Crippen molar-refractivity contribution in [3.8, 4) is 11.1 Å². The molecule has 3 rings (SSSR count). The number of anilines is 1. The summed E-state index contributed by atoms with van der Waals surface area (Å²) in [6.07, 6.45) is -4.62. The highest BCUT2D eigenvalue weighted by molar-refractivity contribution is 6.04. The van der Waals surface area contributed by atoms with Gasteiger partial charge in [-0.3, -0.25) is 9.59 Å². The van der Waals surface area contributed by atoms with Gasteiger partial charge in [0.2, 0.25) is 5.91 Å². The molecule has 3 aromatic carbocycles. The number of benzene rings is 3. The molecule has 4 nitrogen and oxygen atoms in total. The van der Waals surface area contributed by atoms with E-state index in [1.165, 1.54) is 0 Å². The van der Waals surface area contributed by atoms with Crippen molar-refractivity contribution in [1.29, 1.82) is 0 Å². The number of hydrogen-bond donors (Lipinski definition) is 2. The maximum absolute atomic E-state index is 12.4. The maximum Gasteiger partial charge on any atom is 0.405 e. The van der Waals surface area contributed by atoms with Crippen LogP contribution < -0.4 is 10.6 Å². The lowest BCUT2D eigenvalue weighted by Gasteiger charge is -2.09. The number of hydrogen-bond acceptors (Lipinski definition) is 2. The van der Waals surface area contributed by atoms with Crippen molar-refractivity contribution in [3.05, 3.63) is 90.0 Å². The number of amides is 2.